The molecule has 0 saturated carbocycles. The van der Waals surface area contributed by atoms with Gasteiger partial charge >= 0.3 is 0 Å². The second-order valence-corrected chi connectivity index (χ2v) is 13.6. The summed E-state index contributed by atoms with van der Waals surface area (Å²) in [4.78, 5) is 0. The van der Waals surface area contributed by atoms with Gasteiger partial charge in [-0.25, -0.2) is 0 Å². The Morgan fingerprint density at radius 2 is 0.712 bits per heavy atom. The van der Waals surface area contributed by atoms with Crippen LogP contribution in [0, 0.1) is 0 Å². The van der Waals surface area contributed by atoms with Crippen LogP contribution >= 0.6 is 0 Å². The second kappa shape index (κ2) is 12.5. The minimum Gasteiger partial charge on any atom is -0.0622 e. The van der Waals surface area contributed by atoms with Crippen molar-refractivity contribution in [3.8, 4) is 33.4 Å². The second-order valence-electron chi connectivity index (χ2n) is 13.6. The molecule has 0 heteroatoms. The molecule has 10 aromatic rings. The highest BCUT2D eigenvalue weighted by molar-refractivity contribution is 6.28. The first-order valence-electron chi connectivity index (χ1n) is 18.0. The van der Waals surface area contributed by atoms with Crippen molar-refractivity contribution in [1.82, 2.24) is 0 Å². The molecule has 52 heavy (non-hydrogen) atoms. The molecule has 0 amide bonds. The minimum absolute atomic E-state index is 1.18. The Balaban J connectivity index is 1.18. The van der Waals surface area contributed by atoms with Gasteiger partial charge in [0, 0.05) is 0 Å². The highest BCUT2D eigenvalue weighted by Gasteiger charge is 2.21. The lowest BCUT2D eigenvalue weighted by Crippen LogP contribution is -1.93. The van der Waals surface area contributed by atoms with Crippen molar-refractivity contribution in [2.24, 2.45) is 0 Å². The van der Waals surface area contributed by atoms with Gasteiger partial charge in [-0.2, -0.15) is 0 Å². The Kier molecular flexibility index (Phi) is 7.25. The fraction of sp³-hybridized carbons (Fsp3) is 0. The van der Waals surface area contributed by atoms with Crippen LogP contribution < -0.4 is 0 Å². The van der Waals surface area contributed by atoms with Crippen LogP contribution in [0.1, 0.15) is 11.1 Å². The van der Waals surface area contributed by atoms with Gasteiger partial charge in [-0.3, -0.25) is 0 Å². The monoisotopic (exact) mass is 658 g/mol. The van der Waals surface area contributed by atoms with Gasteiger partial charge < -0.3 is 0 Å². The summed E-state index contributed by atoms with van der Waals surface area (Å²) in [5.74, 6) is 0. The number of hydrogen-bond acceptors (Lipinski definition) is 0. The molecular formula is C52H34. The van der Waals surface area contributed by atoms with Crippen LogP contribution in [0.2, 0.25) is 0 Å². The van der Waals surface area contributed by atoms with E-state index < -0.39 is 0 Å². The van der Waals surface area contributed by atoms with Crippen molar-refractivity contribution in [3.05, 3.63) is 205 Å². The summed E-state index contributed by atoms with van der Waals surface area (Å²) < 4.78 is 0. The van der Waals surface area contributed by atoms with Crippen molar-refractivity contribution in [2.75, 3.05) is 0 Å². The summed E-state index contributed by atoms with van der Waals surface area (Å²) in [6.45, 7) is 0. The Morgan fingerprint density at radius 1 is 0.269 bits per heavy atom. The summed E-state index contributed by atoms with van der Waals surface area (Å²) in [5.41, 5.74) is 9.98. The lowest BCUT2D eigenvalue weighted by atomic mass is 9.82. The molecule has 0 atom stereocenters. The molecule has 0 heterocycles. The van der Waals surface area contributed by atoms with Crippen molar-refractivity contribution in [1.29, 1.82) is 0 Å². The zero-order chi connectivity index (χ0) is 34.4. The van der Waals surface area contributed by atoms with Crippen LogP contribution in [0.15, 0.2) is 194 Å². The van der Waals surface area contributed by atoms with E-state index in [4.69, 9.17) is 0 Å². The average Bonchev–Trinajstić information content (AvgIpc) is 3.22. The van der Waals surface area contributed by atoms with Crippen LogP contribution in [0.3, 0.4) is 0 Å². The van der Waals surface area contributed by atoms with Gasteiger partial charge in [0.2, 0.25) is 0 Å². The molecule has 0 aliphatic heterocycles. The molecule has 0 fully saturated rings. The molecule has 0 aromatic heterocycles. The third-order valence-corrected chi connectivity index (χ3v) is 10.7. The quantitative estimate of drug-likeness (QED) is 0.128. The number of rotatable bonds is 5. The largest absolute Gasteiger partial charge is 0.0622 e. The lowest BCUT2D eigenvalue weighted by Gasteiger charge is -2.21. The molecule has 0 N–H and O–H groups in total. The summed E-state index contributed by atoms with van der Waals surface area (Å²) in [5, 5.41) is 12.6. The molecule has 0 spiro atoms. The van der Waals surface area contributed by atoms with E-state index in [0.717, 1.165) is 0 Å². The number of hydrogen-bond donors (Lipinski definition) is 0. The van der Waals surface area contributed by atoms with E-state index in [0.29, 0.717) is 0 Å². The molecular weight excluding hydrogens is 625 g/mol. The molecule has 0 unspecified atom stereocenters. The van der Waals surface area contributed by atoms with E-state index in [1.807, 2.05) is 0 Å². The van der Waals surface area contributed by atoms with E-state index in [-0.39, 0.29) is 0 Å². The summed E-state index contributed by atoms with van der Waals surface area (Å²) in [7, 11) is 0. The normalized spacial score (nSPS) is 11.8. The molecule has 10 rings (SSSR count). The van der Waals surface area contributed by atoms with Crippen LogP contribution in [0.4, 0.5) is 0 Å². The van der Waals surface area contributed by atoms with Crippen LogP contribution in [-0.2, 0) is 0 Å². The smallest absolute Gasteiger partial charge is 0.00139 e. The van der Waals surface area contributed by atoms with Gasteiger partial charge in [-0.1, -0.05) is 200 Å². The Morgan fingerprint density at radius 3 is 1.31 bits per heavy atom. The Bertz CT molecular complexity index is 2870. The third kappa shape index (κ3) is 5.00. The maximum atomic E-state index is 2.34. The maximum Gasteiger partial charge on any atom is -0.00139 e. The van der Waals surface area contributed by atoms with Crippen molar-refractivity contribution < 1.29 is 0 Å². The van der Waals surface area contributed by atoms with E-state index in [1.54, 1.807) is 0 Å². The number of benzene rings is 10. The zero-order valence-electron chi connectivity index (χ0n) is 28.6. The van der Waals surface area contributed by atoms with Gasteiger partial charge in [-0.05, 0) is 104 Å². The molecule has 0 radical (unpaired) electrons. The van der Waals surface area contributed by atoms with Crippen LogP contribution in [-0.4, -0.2) is 0 Å². The van der Waals surface area contributed by atoms with Crippen molar-refractivity contribution in [2.45, 2.75) is 0 Å². The summed E-state index contributed by atoms with van der Waals surface area (Å²) >= 11 is 0. The lowest BCUT2D eigenvalue weighted by molar-refractivity contribution is 1.60. The van der Waals surface area contributed by atoms with E-state index in [1.165, 1.54) is 98.4 Å². The molecule has 0 aliphatic carbocycles. The first-order valence-corrected chi connectivity index (χ1v) is 18.0. The van der Waals surface area contributed by atoms with E-state index >= 15 is 0 Å². The van der Waals surface area contributed by atoms with Gasteiger partial charge in [-0.15, -0.1) is 0 Å². The SMILES string of the molecule is C(=C\c1ccc(-c2c3ccccc3c(-c3c4ccccc4cc4ccccc34)c3ccccc23)c2ccccc12)/c1ccc(-c2ccccc2)cc1. The summed E-state index contributed by atoms with van der Waals surface area (Å²) in [6.07, 6.45) is 4.49. The maximum absolute atomic E-state index is 2.34. The van der Waals surface area contributed by atoms with E-state index in [2.05, 4.69) is 206 Å². The predicted molar refractivity (Wildman–Crippen MR) is 226 cm³/mol. The zero-order valence-corrected chi connectivity index (χ0v) is 28.6. The first-order chi connectivity index (χ1) is 25.8. The van der Waals surface area contributed by atoms with Crippen LogP contribution in [0.25, 0.3) is 99.4 Å². The van der Waals surface area contributed by atoms with Gasteiger partial charge in [0.15, 0.2) is 0 Å². The van der Waals surface area contributed by atoms with Gasteiger partial charge in [0.1, 0.15) is 0 Å². The molecule has 0 nitrogen and oxygen atoms in total. The first kappa shape index (κ1) is 30.1. The fourth-order valence-corrected chi connectivity index (χ4v) is 8.26. The van der Waals surface area contributed by atoms with Crippen molar-refractivity contribution in [3.63, 3.8) is 0 Å². The van der Waals surface area contributed by atoms with Gasteiger partial charge in [0.05, 0.1) is 0 Å². The topological polar surface area (TPSA) is 0 Å². The van der Waals surface area contributed by atoms with Gasteiger partial charge in [0.25, 0.3) is 0 Å². The highest BCUT2D eigenvalue weighted by Crippen LogP contribution is 2.48. The standard InChI is InChI=1S/C52H34/c1-2-14-36(15-3-1)37-29-26-35(27-30-37)28-31-38-32-33-49(44-21-9-8-18-41(38)44)50-45-22-10-12-24-47(45)52(48-25-13-11-23-46(48)50)51-42-19-6-4-16-39(42)34-40-17-5-7-20-43(40)51/h1-34H/b31-28+. The number of fused-ring (bicyclic) bond motifs is 5. The van der Waals surface area contributed by atoms with E-state index in [9.17, 15) is 0 Å². The summed E-state index contributed by atoms with van der Waals surface area (Å²) in [6, 6.07) is 70.9. The Labute approximate surface area is 303 Å². The molecule has 242 valence electrons. The average molecular weight is 659 g/mol. The molecule has 10 aromatic carbocycles. The molecule has 0 bridgehead atoms. The fourth-order valence-electron chi connectivity index (χ4n) is 8.26. The minimum atomic E-state index is 1.18. The molecule has 0 aliphatic rings. The third-order valence-electron chi connectivity index (χ3n) is 10.7. The van der Waals surface area contributed by atoms with Crippen molar-refractivity contribution >= 4 is 66.0 Å². The Hall–Kier alpha value is -6.76. The highest BCUT2D eigenvalue weighted by atomic mass is 14.2. The predicted octanol–water partition coefficient (Wildman–Crippen LogP) is 14.6. The van der Waals surface area contributed by atoms with Crippen LogP contribution in [0.5, 0.6) is 0 Å². The molecule has 0 saturated heterocycles.